The van der Waals surface area contributed by atoms with E-state index in [1.807, 2.05) is 6.92 Å². The van der Waals surface area contributed by atoms with Crippen LogP contribution in [0, 0.1) is 11.7 Å². The standard InChI is InChI=1S/C21H26FN3O4/c1-13(14-7-3-2-4-8-14)29-18-12-17(16(22)11-15(18)20(26)27)25-21(28)24-10-6-5-9-19(24)23-25/h11-14H,2-10H2,1H3,(H,26,27)/t13-/m0/s1. The third kappa shape index (κ3) is 3.80. The van der Waals surface area contributed by atoms with E-state index in [2.05, 4.69) is 5.10 Å². The van der Waals surface area contributed by atoms with Crippen LogP contribution in [0.5, 0.6) is 5.75 Å². The molecular formula is C21H26FN3O4. The molecule has 29 heavy (non-hydrogen) atoms. The molecule has 1 aromatic heterocycles. The van der Waals surface area contributed by atoms with Gasteiger partial charge in [-0.05, 0) is 44.6 Å². The van der Waals surface area contributed by atoms with Gasteiger partial charge in [-0.25, -0.2) is 14.0 Å². The van der Waals surface area contributed by atoms with Gasteiger partial charge in [0.25, 0.3) is 0 Å². The summed E-state index contributed by atoms with van der Waals surface area (Å²) in [5.41, 5.74) is -0.730. The van der Waals surface area contributed by atoms with Crippen molar-refractivity contribution in [1.82, 2.24) is 14.3 Å². The first-order valence-corrected chi connectivity index (χ1v) is 10.4. The van der Waals surface area contributed by atoms with Crippen LogP contribution in [0.3, 0.4) is 0 Å². The zero-order valence-corrected chi connectivity index (χ0v) is 16.6. The fourth-order valence-corrected chi connectivity index (χ4v) is 4.43. The average Bonchev–Trinajstić information content (AvgIpc) is 3.06. The van der Waals surface area contributed by atoms with E-state index >= 15 is 0 Å². The van der Waals surface area contributed by atoms with Crippen molar-refractivity contribution in [3.63, 3.8) is 0 Å². The predicted octanol–water partition coefficient (Wildman–Crippen LogP) is 3.56. The molecule has 2 aliphatic rings. The number of ether oxygens (including phenoxy) is 1. The van der Waals surface area contributed by atoms with Gasteiger partial charge in [-0.15, -0.1) is 5.10 Å². The van der Waals surface area contributed by atoms with Crippen molar-refractivity contribution in [1.29, 1.82) is 0 Å². The Hall–Kier alpha value is -2.64. The van der Waals surface area contributed by atoms with E-state index in [9.17, 15) is 19.1 Å². The molecule has 8 heteroatoms. The average molecular weight is 403 g/mol. The van der Waals surface area contributed by atoms with Crippen LogP contribution in [-0.4, -0.2) is 31.5 Å². The van der Waals surface area contributed by atoms with Crippen LogP contribution >= 0.6 is 0 Å². The zero-order chi connectivity index (χ0) is 20.5. The van der Waals surface area contributed by atoms with Gasteiger partial charge in [0.05, 0.1) is 6.10 Å². The molecule has 156 valence electrons. The minimum atomic E-state index is -1.27. The van der Waals surface area contributed by atoms with E-state index in [0.29, 0.717) is 24.7 Å². The maximum Gasteiger partial charge on any atom is 0.350 e. The molecule has 0 radical (unpaired) electrons. The number of aromatic nitrogens is 3. The number of hydrogen-bond donors (Lipinski definition) is 1. The lowest BCUT2D eigenvalue weighted by Gasteiger charge is -2.28. The molecule has 7 nitrogen and oxygen atoms in total. The summed E-state index contributed by atoms with van der Waals surface area (Å²) in [5.74, 6) is -1.04. The predicted molar refractivity (Wildman–Crippen MR) is 104 cm³/mol. The molecule has 1 N–H and O–H groups in total. The first-order valence-electron chi connectivity index (χ1n) is 10.4. The van der Waals surface area contributed by atoms with Crippen molar-refractivity contribution < 1.29 is 19.0 Å². The second-order valence-electron chi connectivity index (χ2n) is 8.05. The maximum atomic E-state index is 14.8. The lowest BCUT2D eigenvalue weighted by Crippen LogP contribution is -2.28. The summed E-state index contributed by atoms with van der Waals surface area (Å²) >= 11 is 0. The largest absolute Gasteiger partial charge is 0.489 e. The minimum Gasteiger partial charge on any atom is -0.489 e. The summed E-state index contributed by atoms with van der Waals surface area (Å²) in [4.78, 5) is 24.4. The third-order valence-electron chi connectivity index (χ3n) is 6.11. The van der Waals surface area contributed by atoms with Gasteiger partial charge in [-0.2, -0.15) is 4.68 Å². The van der Waals surface area contributed by atoms with Crippen LogP contribution in [0.15, 0.2) is 16.9 Å². The second kappa shape index (κ2) is 8.00. The number of aryl methyl sites for hydroxylation is 1. The SMILES string of the molecule is C[C@H](Oc1cc(-n2nc3n(c2=O)CCCC3)c(F)cc1C(=O)O)C1CCCCC1. The molecular weight excluding hydrogens is 377 g/mol. The van der Waals surface area contributed by atoms with Gasteiger partial charge in [-0.1, -0.05) is 19.3 Å². The molecule has 1 fully saturated rings. The van der Waals surface area contributed by atoms with E-state index in [1.165, 1.54) is 12.5 Å². The Morgan fingerprint density at radius 3 is 2.69 bits per heavy atom. The normalized spacial score (nSPS) is 18.3. The second-order valence-corrected chi connectivity index (χ2v) is 8.05. The Bertz CT molecular complexity index is 975. The van der Waals surface area contributed by atoms with Gasteiger partial charge in [0.1, 0.15) is 28.6 Å². The fraction of sp³-hybridized carbons (Fsp3) is 0.571. The van der Waals surface area contributed by atoms with E-state index < -0.39 is 17.5 Å². The summed E-state index contributed by atoms with van der Waals surface area (Å²) in [6, 6.07) is 2.23. The quantitative estimate of drug-likeness (QED) is 0.825. The lowest BCUT2D eigenvalue weighted by molar-refractivity contribution is 0.0681. The highest BCUT2D eigenvalue weighted by molar-refractivity contribution is 5.91. The molecule has 1 aliphatic heterocycles. The maximum absolute atomic E-state index is 14.8. The van der Waals surface area contributed by atoms with Gasteiger partial charge in [-0.3, -0.25) is 4.57 Å². The monoisotopic (exact) mass is 403 g/mol. The molecule has 0 unspecified atom stereocenters. The summed E-state index contributed by atoms with van der Waals surface area (Å²) in [6.07, 6.45) is 7.82. The van der Waals surface area contributed by atoms with Crippen LogP contribution in [0.1, 0.15) is 68.1 Å². The summed E-state index contributed by atoms with van der Waals surface area (Å²) in [6.45, 7) is 2.48. The highest BCUT2D eigenvalue weighted by Gasteiger charge is 2.26. The number of benzene rings is 1. The first kappa shape index (κ1) is 19.7. The number of hydrogen-bond acceptors (Lipinski definition) is 4. The molecule has 1 atom stereocenters. The number of carbonyl (C=O) groups is 1. The molecule has 1 aliphatic carbocycles. The fourth-order valence-electron chi connectivity index (χ4n) is 4.43. The van der Waals surface area contributed by atoms with Crippen LogP contribution in [0.25, 0.3) is 5.69 Å². The summed E-state index contributed by atoms with van der Waals surface area (Å²) in [7, 11) is 0. The van der Waals surface area contributed by atoms with E-state index in [0.717, 1.165) is 49.3 Å². The van der Waals surface area contributed by atoms with E-state index in [-0.39, 0.29) is 23.1 Å². The Morgan fingerprint density at radius 2 is 2.00 bits per heavy atom. The number of carboxylic acid groups (broad SMARTS) is 1. The van der Waals surface area contributed by atoms with Gasteiger partial charge >= 0.3 is 11.7 Å². The molecule has 0 bridgehead atoms. The highest BCUT2D eigenvalue weighted by atomic mass is 19.1. The summed E-state index contributed by atoms with van der Waals surface area (Å²) < 4.78 is 23.4. The van der Waals surface area contributed by atoms with Gasteiger partial charge < -0.3 is 9.84 Å². The Morgan fingerprint density at radius 1 is 1.24 bits per heavy atom. The molecule has 0 saturated heterocycles. The van der Waals surface area contributed by atoms with Gasteiger partial charge in [0.2, 0.25) is 0 Å². The topological polar surface area (TPSA) is 86.4 Å². The molecule has 1 saturated carbocycles. The summed E-state index contributed by atoms with van der Waals surface area (Å²) in [5, 5.41) is 13.8. The van der Waals surface area contributed by atoms with Crippen LogP contribution in [0.4, 0.5) is 4.39 Å². The molecule has 0 spiro atoms. The number of carboxylic acids is 1. The minimum absolute atomic E-state index is 0.0739. The van der Waals surface area contributed by atoms with Crippen molar-refractivity contribution >= 4 is 5.97 Å². The highest BCUT2D eigenvalue weighted by Crippen LogP contribution is 2.32. The molecule has 1 aromatic carbocycles. The smallest absolute Gasteiger partial charge is 0.350 e. The van der Waals surface area contributed by atoms with Crippen LogP contribution in [0.2, 0.25) is 0 Å². The lowest BCUT2D eigenvalue weighted by atomic mass is 9.86. The number of halogens is 1. The number of fused-ring (bicyclic) bond motifs is 1. The van der Waals surface area contributed by atoms with E-state index in [4.69, 9.17) is 4.74 Å². The number of nitrogens with zero attached hydrogens (tertiary/aromatic N) is 3. The number of aromatic carboxylic acids is 1. The van der Waals surface area contributed by atoms with Gasteiger partial charge in [0.15, 0.2) is 0 Å². The zero-order valence-electron chi connectivity index (χ0n) is 16.6. The van der Waals surface area contributed by atoms with Gasteiger partial charge in [0, 0.05) is 19.0 Å². The van der Waals surface area contributed by atoms with Crippen molar-refractivity contribution in [3.05, 3.63) is 39.8 Å². The van der Waals surface area contributed by atoms with Crippen molar-refractivity contribution in [3.8, 4) is 11.4 Å². The van der Waals surface area contributed by atoms with E-state index in [1.54, 1.807) is 4.57 Å². The number of rotatable bonds is 5. The van der Waals surface area contributed by atoms with Crippen molar-refractivity contribution in [2.24, 2.45) is 5.92 Å². The molecule has 4 rings (SSSR count). The molecule has 0 amide bonds. The third-order valence-corrected chi connectivity index (χ3v) is 6.11. The Labute approximate surface area is 168 Å². The molecule has 2 aromatic rings. The first-order chi connectivity index (χ1) is 14.0. The molecule has 2 heterocycles. The Kier molecular flexibility index (Phi) is 5.43. The Balaban J connectivity index is 1.72. The van der Waals surface area contributed by atoms with Crippen molar-refractivity contribution in [2.75, 3.05) is 0 Å². The van der Waals surface area contributed by atoms with Crippen LogP contribution in [-0.2, 0) is 13.0 Å². The van der Waals surface area contributed by atoms with Crippen molar-refractivity contribution in [2.45, 2.75) is 70.9 Å². The van der Waals surface area contributed by atoms with Crippen LogP contribution < -0.4 is 10.4 Å².